The average molecular weight is 433 g/mol. The fourth-order valence-electron chi connectivity index (χ4n) is 2.68. The average Bonchev–Trinajstić information content (AvgIpc) is 3.08. The van der Waals surface area contributed by atoms with Crippen LogP contribution in [0.15, 0.2) is 69.0 Å². The molecule has 0 aliphatic carbocycles. The van der Waals surface area contributed by atoms with Crippen molar-refractivity contribution in [2.75, 3.05) is 0 Å². The number of rotatable bonds is 4. The predicted molar refractivity (Wildman–Crippen MR) is 105 cm³/mol. The molecule has 0 saturated heterocycles. The topological polar surface area (TPSA) is 75.6 Å². The van der Waals surface area contributed by atoms with Gasteiger partial charge in [-0.15, -0.1) is 0 Å². The normalized spacial score (nSPS) is 18.9. The minimum absolute atomic E-state index is 0.0320. The van der Waals surface area contributed by atoms with Crippen molar-refractivity contribution in [2.24, 2.45) is 4.99 Å². The Morgan fingerprint density at radius 1 is 1.12 bits per heavy atom. The van der Waals surface area contributed by atoms with Crippen molar-refractivity contribution in [3.05, 3.63) is 75.8 Å². The molecule has 134 valence electrons. The van der Waals surface area contributed by atoms with E-state index >= 15 is 0 Å². The highest BCUT2D eigenvalue weighted by atomic mass is 79.9. The lowest BCUT2D eigenvalue weighted by Crippen LogP contribution is -2.43. The lowest BCUT2D eigenvalue weighted by atomic mass is 9.89. The highest BCUT2D eigenvalue weighted by Crippen LogP contribution is 2.33. The van der Waals surface area contributed by atoms with Gasteiger partial charge in [-0.25, -0.2) is 13.1 Å². The van der Waals surface area contributed by atoms with E-state index in [9.17, 15) is 13.2 Å². The lowest BCUT2D eigenvalue weighted by Gasteiger charge is -2.24. The number of hydrogen-bond acceptors (Lipinski definition) is 4. The molecule has 1 aliphatic rings. The molecule has 3 rings (SSSR count). The summed E-state index contributed by atoms with van der Waals surface area (Å²) in [6, 6.07) is 11.7. The van der Waals surface area contributed by atoms with E-state index in [-0.39, 0.29) is 4.90 Å². The van der Waals surface area contributed by atoms with E-state index in [0.29, 0.717) is 5.56 Å². The fourth-order valence-corrected chi connectivity index (χ4v) is 3.94. The number of carbonyl (C=O) groups is 1. The second-order valence-corrected chi connectivity index (χ2v) is 8.65. The van der Waals surface area contributed by atoms with Crippen LogP contribution >= 0.6 is 15.9 Å². The van der Waals surface area contributed by atoms with Crippen LogP contribution in [0, 0.1) is 13.8 Å². The van der Waals surface area contributed by atoms with Gasteiger partial charge < -0.3 is 0 Å². The van der Waals surface area contributed by atoms with Crippen molar-refractivity contribution in [1.82, 2.24) is 4.72 Å². The van der Waals surface area contributed by atoms with Gasteiger partial charge in [0, 0.05) is 10.7 Å². The van der Waals surface area contributed by atoms with Gasteiger partial charge in [0.15, 0.2) is 5.54 Å². The van der Waals surface area contributed by atoms with E-state index in [1.165, 1.54) is 18.3 Å². The van der Waals surface area contributed by atoms with Crippen molar-refractivity contribution >= 4 is 38.1 Å². The zero-order valence-corrected chi connectivity index (χ0v) is 16.6. The molecule has 1 heterocycles. The van der Waals surface area contributed by atoms with Crippen molar-refractivity contribution in [3.63, 3.8) is 0 Å². The Morgan fingerprint density at radius 3 is 2.38 bits per heavy atom. The number of aryl methyl sites for hydroxylation is 2. The molecule has 0 aromatic heterocycles. The molecule has 0 bridgehead atoms. The fraction of sp³-hybridized carbons (Fsp3) is 0.158. The highest BCUT2D eigenvalue weighted by molar-refractivity contribution is 9.10. The second kappa shape index (κ2) is 6.81. The number of nitrogens with zero attached hydrogens (tertiary/aromatic N) is 1. The standard InChI is InChI=1S/C19H17BrN2O3S/c1-13-4-7-16(8-5-13)26(24,25)22-18(23)19(10-3-11-21-19)15-6-9-17(20)14(2)12-15/h3-12H,1-2H3,(H,22,23). The van der Waals surface area contributed by atoms with Crippen molar-refractivity contribution in [1.29, 1.82) is 0 Å². The number of halogens is 1. The molecule has 26 heavy (non-hydrogen) atoms. The third kappa shape index (κ3) is 3.37. The number of amides is 1. The molecule has 0 saturated carbocycles. The monoisotopic (exact) mass is 432 g/mol. The van der Waals surface area contributed by atoms with Crippen LogP contribution in [0.25, 0.3) is 0 Å². The zero-order valence-electron chi connectivity index (χ0n) is 14.2. The molecule has 1 aliphatic heterocycles. The van der Waals surface area contributed by atoms with Crippen LogP contribution in [0.2, 0.25) is 0 Å². The quantitative estimate of drug-likeness (QED) is 0.803. The van der Waals surface area contributed by atoms with Gasteiger partial charge in [-0.3, -0.25) is 9.79 Å². The van der Waals surface area contributed by atoms with Gasteiger partial charge in [-0.1, -0.05) is 45.8 Å². The van der Waals surface area contributed by atoms with E-state index < -0.39 is 21.5 Å². The van der Waals surface area contributed by atoms with Gasteiger partial charge in [0.1, 0.15) is 0 Å². The van der Waals surface area contributed by atoms with Crippen LogP contribution in [0.4, 0.5) is 0 Å². The number of carbonyl (C=O) groups excluding carboxylic acids is 1. The van der Waals surface area contributed by atoms with Gasteiger partial charge in [0.2, 0.25) is 0 Å². The predicted octanol–water partition coefficient (Wildman–Crippen LogP) is 3.41. The number of hydrogen-bond donors (Lipinski definition) is 1. The number of sulfonamides is 1. The Balaban J connectivity index is 1.98. The third-order valence-electron chi connectivity index (χ3n) is 4.20. The molecule has 5 nitrogen and oxygen atoms in total. The molecule has 1 N–H and O–H groups in total. The molecule has 1 atom stereocenters. The maximum Gasteiger partial charge on any atom is 0.270 e. The lowest BCUT2D eigenvalue weighted by molar-refractivity contribution is -0.123. The summed E-state index contributed by atoms with van der Waals surface area (Å²) in [5, 5.41) is 0. The van der Waals surface area contributed by atoms with Crippen LogP contribution in [-0.2, 0) is 20.4 Å². The van der Waals surface area contributed by atoms with Gasteiger partial charge in [-0.05, 0) is 55.3 Å². The molecule has 2 aromatic rings. The molecule has 7 heteroatoms. The van der Waals surface area contributed by atoms with Gasteiger partial charge in [0.05, 0.1) is 4.90 Å². The molecular weight excluding hydrogens is 416 g/mol. The molecule has 1 unspecified atom stereocenters. The SMILES string of the molecule is Cc1ccc(S(=O)(=O)NC(=O)C2(c3ccc(Br)c(C)c3)C=CC=N2)cc1. The summed E-state index contributed by atoms with van der Waals surface area (Å²) in [5.74, 6) is -0.718. The van der Waals surface area contributed by atoms with Crippen molar-refractivity contribution < 1.29 is 13.2 Å². The van der Waals surface area contributed by atoms with Crippen LogP contribution in [0.5, 0.6) is 0 Å². The summed E-state index contributed by atoms with van der Waals surface area (Å²) in [5.41, 5.74) is 1.05. The van der Waals surface area contributed by atoms with E-state index in [0.717, 1.165) is 15.6 Å². The molecular formula is C19H17BrN2O3S. The Kier molecular flexibility index (Phi) is 4.86. The van der Waals surface area contributed by atoms with E-state index in [2.05, 4.69) is 25.6 Å². The summed E-state index contributed by atoms with van der Waals surface area (Å²) in [7, 11) is -3.99. The van der Waals surface area contributed by atoms with Crippen LogP contribution in [-0.4, -0.2) is 20.5 Å². The summed E-state index contributed by atoms with van der Waals surface area (Å²) in [4.78, 5) is 17.3. The zero-order chi connectivity index (χ0) is 18.9. The van der Waals surface area contributed by atoms with Gasteiger partial charge >= 0.3 is 0 Å². The number of nitrogens with one attached hydrogen (secondary N) is 1. The van der Waals surface area contributed by atoms with E-state index in [1.807, 2.05) is 26.0 Å². The van der Waals surface area contributed by atoms with E-state index in [1.54, 1.807) is 30.4 Å². The van der Waals surface area contributed by atoms with Gasteiger partial charge in [0.25, 0.3) is 15.9 Å². The maximum atomic E-state index is 13.0. The van der Waals surface area contributed by atoms with E-state index in [4.69, 9.17) is 0 Å². The smallest absolute Gasteiger partial charge is 0.270 e. The first-order chi connectivity index (χ1) is 12.2. The Morgan fingerprint density at radius 2 is 1.81 bits per heavy atom. The van der Waals surface area contributed by atoms with Crippen molar-refractivity contribution in [3.8, 4) is 0 Å². The molecule has 0 fully saturated rings. The summed E-state index contributed by atoms with van der Waals surface area (Å²) < 4.78 is 28.2. The first-order valence-electron chi connectivity index (χ1n) is 7.88. The van der Waals surface area contributed by atoms with Gasteiger partial charge in [-0.2, -0.15) is 0 Å². The number of allylic oxidation sites excluding steroid dienone is 1. The highest BCUT2D eigenvalue weighted by Gasteiger charge is 2.41. The minimum atomic E-state index is -3.99. The Labute approximate surface area is 161 Å². The van der Waals surface area contributed by atoms with Crippen LogP contribution < -0.4 is 4.72 Å². The minimum Gasteiger partial charge on any atom is -0.270 e. The first-order valence-corrected chi connectivity index (χ1v) is 10.2. The third-order valence-corrected chi connectivity index (χ3v) is 6.44. The maximum absolute atomic E-state index is 13.0. The Hall–Kier alpha value is -2.25. The largest absolute Gasteiger partial charge is 0.270 e. The molecule has 0 spiro atoms. The summed E-state index contributed by atoms with van der Waals surface area (Å²) >= 11 is 3.42. The summed E-state index contributed by atoms with van der Waals surface area (Å²) in [6.45, 7) is 3.75. The first kappa shape index (κ1) is 18.5. The Bertz CT molecular complexity index is 1010. The summed E-state index contributed by atoms with van der Waals surface area (Å²) in [6.07, 6.45) is 4.72. The number of benzene rings is 2. The van der Waals surface area contributed by atoms with Crippen LogP contribution in [0.1, 0.15) is 16.7 Å². The number of aliphatic imine (C=N–C) groups is 1. The molecule has 0 radical (unpaired) electrons. The van der Waals surface area contributed by atoms with Crippen molar-refractivity contribution in [2.45, 2.75) is 24.3 Å². The molecule has 2 aromatic carbocycles. The second-order valence-electron chi connectivity index (χ2n) is 6.12. The molecule has 1 amide bonds. The van der Waals surface area contributed by atoms with Crippen LogP contribution in [0.3, 0.4) is 0 Å².